The summed E-state index contributed by atoms with van der Waals surface area (Å²) in [5.74, 6) is 1.23. The van der Waals surface area contributed by atoms with E-state index in [1.807, 2.05) is 32.0 Å². The van der Waals surface area contributed by atoms with Crippen molar-refractivity contribution in [2.75, 3.05) is 25.2 Å². The van der Waals surface area contributed by atoms with Crippen molar-refractivity contribution in [2.45, 2.75) is 59.8 Å². The average Bonchev–Trinajstić information content (AvgIpc) is 3.48. The first-order chi connectivity index (χ1) is 17.6. The molecular weight excluding hydrogens is 468 g/mol. The summed E-state index contributed by atoms with van der Waals surface area (Å²) < 4.78 is 12.6. The molecule has 1 aromatic heterocycles. The number of unbranched alkanes of at least 4 members (excludes halogenated alkanes) is 1. The van der Waals surface area contributed by atoms with Gasteiger partial charge in [-0.2, -0.15) is 5.10 Å². The lowest BCUT2D eigenvalue weighted by molar-refractivity contribution is -0.117. The van der Waals surface area contributed by atoms with E-state index < -0.39 is 0 Å². The Morgan fingerprint density at radius 2 is 1.81 bits per heavy atom. The number of carbonyl (C=O) groups excluding carboxylic acids is 2. The number of amides is 2. The summed E-state index contributed by atoms with van der Waals surface area (Å²) in [5.41, 5.74) is 4.23. The quantitative estimate of drug-likeness (QED) is 0.444. The molecule has 8 heteroatoms. The number of ether oxygens (including phenoxy) is 2. The number of aryl methyl sites for hydroxylation is 2. The Kier molecular flexibility index (Phi) is 7.57. The van der Waals surface area contributed by atoms with Crippen molar-refractivity contribution in [3.63, 3.8) is 0 Å². The monoisotopic (exact) mass is 504 g/mol. The van der Waals surface area contributed by atoms with Crippen molar-refractivity contribution < 1.29 is 19.1 Å². The van der Waals surface area contributed by atoms with Crippen molar-refractivity contribution in [3.8, 4) is 17.2 Å². The van der Waals surface area contributed by atoms with Crippen LogP contribution in [0.3, 0.4) is 0 Å². The molecule has 0 radical (unpaired) electrons. The van der Waals surface area contributed by atoms with Crippen molar-refractivity contribution >= 4 is 17.6 Å². The van der Waals surface area contributed by atoms with Gasteiger partial charge in [-0.25, -0.2) is 4.68 Å². The van der Waals surface area contributed by atoms with E-state index in [-0.39, 0.29) is 30.6 Å². The number of anilines is 1. The van der Waals surface area contributed by atoms with E-state index in [1.54, 1.807) is 27.8 Å². The lowest BCUT2D eigenvalue weighted by atomic mass is 9.92. The largest absolute Gasteiger partial charge is 0.454 e. The van der Waals surface area contributed by atoms with Gasteiger partial charge in [0.1, 0.15) is 12.4 Å². The number of nitrogens with zero attached hydrogens (tertiary/aromatic N) is 3. The number of rotatable bonds is 8. The molecule has 2 amide bonds. The Bertz CT molecular complexity index is 1310. The maximum Gasteiger partial charge on any atom is 0.254 e. The number of fused-ring (bicyclic) bond motifs is 1. The van der Waals surface area contributed by atoms with E-state index in [4.69, 9.17) is 14.6 Å². The summed E-state index contributed by atoms with van der Waals surface area (Å²) in [6.45, 7) is 12.9. The molecular formula is C29H36N4O4. The van der Waals surface area contributed by atoms with Crippen LogP contribution < -0.4 is 14.8 Å². The summed E-state index contributed by atoms with van der Waals surface area (Å²) in [5, 5.41) is 7.86. The zero-order chi connectivity index (χ0) is 26.7. The molecule has 0 unspecified atom stereocenters. The summed E-state index contributed by atoms with van der Waals surface area (Å²) >= 11 is 0. The zero-order valence-corrected chi connectivity index (χ0v) is 22.6. The van der Waals surface area contributed by atoms with E-state index >= 15 is 0 Å². The molecule has 0 fully saturated rings. The van der Waals surface area contributed by atoms with Gasteiger partial charge >= 0.3 is 0 Å². The predicted molar refractivity (Wildman–Crippen MR) is 144 cm³/mol. The minimum atomic E-state index is -0.281. The Hall–Kier alpha value is -3.81. The Balaban J connectivity index is 1.58. The normalized spacial score (nSPS) is 12.5. The van der Waals surface area contributed by atoms with Crippen molar-refractivity contribution in [1.29, 1.82) is 0 Å². The second kappa shape index (κ2) is 10.7. The first-order valence-corrected chi connectivity index (χ1v) is 12.7. The molecule has 0 spiro atoms. The molecule has 0 saturated carbocycles. The topological polar surface area (TPSA) is 85.7 Å². The molecule has 196 valence electrons. The van der Waals surface area contributed by atoms with Crippen LogP contribution in [0.25, 0.3) is 5.69 Å². The molecule has 1 N–H and O–H groups in total. The molecule has 37 heavy (non-hydrogen) atoms. The number of benzene rings is 2. The predicted octanol–water partition coefficient (Wildman–Crippen LogP) is 5.40. The highest BCUT2D eigenvalue weighted by Gasteiger charge is 2.25. The summed E-state index contributed by atoms with van der Waals surface area (Å²) in [4.78, 5) is 28.3. The second-order valence-electron chi connectivity index (χ2n) is 10.6. The van der Waals surface area contributed by atoms with Gasteiger partial charge in [-0.1, -0.05) is 51.8 Å². The molecule has 3 aromatic rings. The molecule has 0 aliphatic carbocycles. The van der Waals surface area contributed by atoms with Crippen LogP contribution in [0, 0.1) is 13.8 Å². The number of hydrogen-bond acceptors (Lipinski definition) is 5. The fraction of sp³-hybridized carbons (Fsp3) is 0.414. The maximum absolute atomic E-state index is 13.4. The smallest absolute Gasteiger partial charge is 0.254 e. The van der Waals surface area contributed by atoms with Crippen molar-refractivity contribution in [1.82, 2.24) is 14.7 Å². The van der Waals surface area contributed by atoms with Crippen molar-refractivity contribution in [2.24, 2.45) is 0 Å². The number of hydrogen-bond donors (Lipinski definition) is 1. The minimum absolute atomic E-state index is 0.0732. The van der Waals surface area contributed by atoms with Crippen LogP contribution in [0.15, 0.2) is 42.5 Å². The minimum Gasteiger partial charge on any atom is -0.454 e. The third-order valence-corrected chi connectivity index (χ3v) is 6.35. The van der Waals surface area contributed by atoms with Gasteiger partial charge < -0.3 is 19.7 Å². The molecule has 0 bridgehead atoms. The first-order valence-electron chi connectivity index (χ1n) is 12.7. The first kappa shape index (κ1) is 26.3. The maximum atomic E-state index is 13.4. The van der Waals surface area contributed by atoms with Crippen LogP contribution in [-0.2, 0) is 10.2 Å². The lowest BCUT2D eigenvalue weighted by Crippen LogP contribution is -2.39. The van der Waals surface area contributed by atoms with E-state index in [2.05, 4.69) is 39.1 Å². The highest BCUT2D eigenvalue weighted by molar-refractivity contribution is 5.99. The number of aromatic nitrogens is 2. The van der Waals surface area contributed by atoms with Gasteiger partial charge in [0.15, 0.2) is 11.5 Å². The Labute approximate surface area is 218 Å². The second-order valence-corrected chi connectivity index (χ2v) is 10.6. The van der Waals surface area contributed by atoms with Gasteiger partial charge in [-0.3, -0.25) is 9.59 Å². The summed E-state index contributed by atoms with van der Waals surface area (Å²) in [6.07, 6.45) is 1.69. The van der Waals surface area contributed by atoms with E-state index in [1.165, 1.54) is 0 Å². The Morgan fingerprint density at radius 3 is 2.51 bits per heavy atom. The van der Waals surface area contributed by atoms with Crippen molar-refractivity contribution in [3.05, 3.63) is 64.8 Å². The molecule has 2 heterocycles. The molecule has 0 atom stereocenters. The molecule has 1 aliphatic rings. The average molecular weight is 505 g/mol. The van der Waals surface area contributed by atoms with Gasteiger partial charge in [0.2, 0.25) is 12.7 Å². The van der Waals surface area contributed by atoms with Crippen LogP contribution in [0.1, 0.15) is 67.7 Å². The van der Waals surface area contributed by atoms with E-state index in [9.17, 15) is 9.59 Å². The molecule has 0 saturated heterocycles. The van der Waals surface area contributed by atoms with Crippen LogP contribution >= 0.6 is 0 Å². The number of carbonyl (C=O) groups is 2. The molecule has 4 rings (SSSR count). The molecule has 1 aliphatic heterocycles. The van der Waals surface area contributed by atoms with Gasteiger partial charge in [0, 0.05) is 23.6 Å². The van der Waals surface area contributed by atoms with E-state index in [0.29, 0.717) is 29.4 Å². The highest BCUT2D eigenvalue weighted by Crippen LogP contribution is 2.33. The van der Waals surface area contributed by atoms with Crippen LogP contribution in [-0.4, -0.2) is 46.4 Å². The van der Waals surface area contributed by atoms with Gasteiger partial charge in [0.25, 0.3) is 5.91 Å². The number of nitrogens with one attached hydrogen (secondary N) is 1. The third-order valence-electron chi connectivity index (χ3n) is 6.35. The van der Waals surface area contributed by atoms with Crippen LogP contribution in [0.5, 0.6) is 11.5 Å². The van der Waals surface area contributed by atoms with Gasteiger partial charge in [-0.15, -0.1) is 0 Å². The Morgan fingerprint density at radius 1 is 1.05 bits per heavy atom. The fourth-order valence-electron chi connectivity index (χ4n) is 4.23. The standard InChI is InChI=1S/C29H36N4O4/c1-7-8-13-32(28(35)21-10-12-23-24(15-21)37-18-36-23)17-27(34)30-26-16-25(29(4,5)6)31-33(26)22-11-9-19(2)14-20(22)3/h9-12,14-16H,7-8,13,17-18H2,1-6H3,(H,30,34). The summed E-state index contributed by atoms with van der Waals surface area (Å²) in [6, 6.07) is 13.1. The van der Waals surface area contributed by atoms with Gasteiger partial charge in [-0.05, 0) is 50.1 Å². The third kappa shape index (κ3) is 5.96. The SMILES string of the molecule is CCCCN(CC(=O)Nc1cc(C(C)(C)C)nn1-c1ccc(C)cc1C)C(=O)c1ccc2c(c1)OCO2. The highest BCUT2D eigenvalue weighted by atomic mass is 16.7. The molecule has 2 aromatic carbocycles. The molecule has 8 nitrogen and oxygen atoms in total. The summed E-state index contributed by atoms with van der Waals surface area (Å²) in [7, 11) is 0. The van der Waals surface area contributed by atoms with Crippen LogP contribution in [0.2, 0.25) is 0 Å². The van der Waals surface area contributed by atoms with Gasteiger partial charge in [0.05, 0.1) is 11.4 Å². The fourth-order valence-corrected chi connectivity index (χ4v) is 4.23. The van der Waals surface area contributed by atoms with E-state index in [0.717, 1.165) is 35.3 Å². The zero-order valence-electron chi connectivity index (χ0n) is 22.6. The van der Waals surface area contributed by atoms with Crippen LogP contribution in [0.4, 0.5) is 5.82 Å². The lowest BCUT2D eigenvalue weighted by Gasteiger charge is -2.22.